The minimum atomic E-state index is -0.419. The van der Waals surface area contributed by atoms with Gasteiger partial charge in [-0.15, -0.1) is 0 Å². The van der Waals surface area contributed by atoms with Gasteiger partial charge in [0, 0.05) is 12.5 Å². The van der Waals surface area contributed by atoms with Crippen LogP contribution in [0.5, 0.6) is 5.88 Å². The van der Waals surface area contributed by atoms with E-state index in [0.717, 1.165) is 5.69 Å². The van der Waals surface area contributed by atoms with Gasteiger partial charge in [0.1, 0.15) is 6.33 Å². The lowest BCUT2D eigenvalue weighted by atomic mass is 9.86. The van der Waals surface area contributed by atoms with Crippen molar-refractivity contribution in [3.05, 3.63) is 18.1 Å². The zero-order valence-electron chi connectivity index (χ0n) is 9.69. The Kier molecular flexibility index (Phi) is 3.63. The molecule has 0 aliphatic carbocycles. The van der Waals surface area contributed by atoms with Crippen LogP contribution in [0, 0.1) is 5.41 Å². The monoisotopic (exact) mass is 210 g/mol. The van der Waals surface area contributed by atoms with Crippen LogP contribution in [0.1, 0.15) is 26.5 Å². The van der Waals surface area contributed by atoms with Crippen LogP contribution in [0.2, 0.25) is 0 Å². The van der Waals surface area contributed by atoms with Crippen molar-refractivity contribution in [1.82, 2.24) is 9.97 Å². The molecule has 1 rings (SSSR count). The first kappa shape index (κ1) is 11.9. The van der Waals surface area contributed by atoms with E-state index in [9.17, 15) is 5.11 Å². The van der Waals surface area contributed by atoms with Gasteiger partial charge >= 0.3 is 0 Å². The molecule has 0 aliphatic rings. The average Bonchev–Trinajstić information content (AvgIpc) is 2.16. The van der Waals surface area contributed by atoms with Crippen LogP contribution in [0.4, 0.5) is 0 Å². The van der Waals surface area contributed by atoms with Gasteiger partial charge in [-0.05, 0) is 5.41 Å². The minimum absolute atomic E-state index is 0.141. The molecular weight excluding hydrogens is 192 g/mol. The van der Waals surface area contributed by atoms with Crippen LogP contribution in [0.3, 0.4) is 0 Å². The minimum Gasteiger partial charge on any atom is -0.481 e. The molecule has 0 saturated heterocycles. The highest BCUT2D eigenvalue weighted by molar-refractivity contribution is 5.14. The van der Waals surface area contributed by atoms with E-state index in [0.29, 0.717) is 12.3 Å². The maximum Gasteiger partial charge on any atom is 0.216 e. The van der Waals surface area contributed by atoms with Crippen molar-refractivity contribution in [3.8, 4) is 5.88 Å². The van der Waals surface area contributed by atoms with Gasteiger partial charge in [-0.1, -0.05) is 20.8 Å². The lowest BCUT2D eigenvalue weighted by Gasteiger charge is -2.25. The summed E-state index contributed by atoms with van der Waals surface area (Å²) in [5.74, 6) is 0.529. The Balaban J connectivity index is 2.72. The largest absolute Gasteiger partial charge is 0.481 e. The molecule has 0 fully saturated rings. The third kappa shape index (κ3) is 3.47. The van der Waals surface area contributed by atoms with E-state index in [-0.39, 0.29) is 5.41 Å². The smallest absolute Gasteiger partial charge is 0.216 e. The van der Waals surface area contributed by atoms with Crippen molar-refractivity contribution in [3.63, 3.8) is 0 Å². The molecule has 4 nitrogen and oxygen atoms in total. The van der Waals surface area contributed by atoms with Gasteiger partial charge in [0.25, 0.3) is 0 Å². The highest BCUT2D eigenvalue weighted by atomic mass is 16.5. The van der Waals surface area contributed by atoms with Crippen LogP contribution in [0.15, 0.2) is 12.4 Å². The number of aliphatic hydroxyl groups is 1. The van der Waals surface area contributed by atoms with Crippen molar-refractivity contribution in [2.24, 2.45) is 5.41 Å². The topological polar surface area (TPSA) is 55.2 Å². The summed E-state index contributed by atoms with van der Waals surface area (Å²) in [6.45, 7) is 5.99. The van der Waals surface area contributed by atoms with E-state index in [1.165, 1.54) is 6.33 Å². The molecule has 1 aromatic rings. The number of methoxy groups -OCH3 is 1. The fourth-order valence-corrected chi connectivity index (χ4v) is 1.10. The third-order valence-corrected chi connectivity index (χ3v) is 2.31. The van der Waals surface area contributed by atoms with Crippen molar-refractivity contribution < 1.29 is 9.84 Å². The molecule has 1 aromatic heterocycles. The first-order valence-corrected chi connectivity index (χ1v) is 4.96. The van der Waals surface area contributed by atoms with E-state index >= 15 is 0 Å². The zero-order valence-corrected chi connectivity index (χ0v) is 9.69. The lowest BCUT2D eigenvalue weighted by Crippen LogP contribution is -2.28. The second-order valence-electron chi connectivity index (χ2n) is 4.64. The predicted octanol–water partition coefficient (Wildman–Crippen LogP) is 1.43. The van der Waals surface area contributed by atoms with Gasteiger partial charge in [0.2, 0.25) is 5.88 Å². The summed E-state index contributed by atoms with van der Waals surface area (Å²) in [7, 11) is 1.56. The summed E-state index contributed by atoms with van der Waals surface area (Å²) < 4.78 is 4.99. The number of hydrogen-bond acceptors (Lipinski definition) is 4. The quantitative estimate of drug-likeness (QED) is 0.820. The Morgan fingerprint density at radius 3 is 2.60 bits per heavy atom. The second-order valence-corrected chi connectivity index (χ2v) is 4.64. The van der Waals surface area contributed by atoms with E-state index in [4.69, 9.17) is 4.74 Å². The first-order valence-electron chi connectivity index (χ1n) is 4.96. The van der Waals surface area contributed by atoms with Crippen molar-refractivity contribution in [2.45, 2.75) is 33.3 Å². The van der Waals surface area contributed by atoms with E-state index < -0.39 is 6.10 Å². The predicted molar refractivity (Wildman–Crippen MR) is 57.7 cm³/mol. The van der Waals surface area contributed by atoms with E-state index in [1.807, 2.05) is 20.8 Å². The summed E-state index contributed by atoms with van der Waals surface area (Å²) in [5.41, 5.74) is 0.655. The Morgan fingerprint density at radius 2 is 2.07 bits per heavy atom. The van der Waals surface area contributed by atoms with Crippen LogP contribution in [-0.2, 0) is 6.42 Å². The highest BCUT2D eigenvalue weighted by Gasteiger charge is 2.22. The lowest BCUT2D eigenvalue weighted by molar-refractivity contribution is 0.0627. The van der Waals surface area contributed by atoms with Crippen LogP contribution >= 0.6 is 0 Å². The second kappa shape index (κ2) is 4.57. The van der Waals surface area contributed by atoms with Crippen LogP contribution in [0.25, 0.3) is 0 Å². The van der Waals surface area contributed by atoms with Crippen molar-refractivity contribution in [1.29, 1.82) is 0 Å². The molecule has 1 N–H and O–H groups in total. The molecule has 15 heavy (non-hydrogen) atoms. The van der Waals surface area contributed by atoms with E-state index in [2.05, 4.69) is 9.97 Å². The average molecular weight is 210 g/mol. The van der Waals surface area contributed by atoms with Gasteiger partial charge in [-0.2, -0.15) is 0 Å². The SMILES string of the molecule is COc1cc(CC(O)C(C)(C)C)ncn1. The maximum absolute atomic E-state index is 9.90. The maximum atomic E-state index is 9.90. The van der Waals surface area contributed by atoms with Gasteiger partial charge in [0.15, 0.2) is 0 Å². The summed E-state index contributed by atoms with van der Waals surface area (Å²) in [5, 5.41) is 9.90. The Bertz CT molecular complexity index is 321. The molecule has 0 aliphatic heterocycles. The standard InChI is InChI=1S/C11H18N2O2/c1-11(2,3)9(14)5-8-6-10(15-4)13-7-12-8/h6-7,9,14H,5H2,1-4H3. The van der Waals surface area contributed by atoms with Crippen molar-refractivity contribution >= 4 is 0 Å². The highest BCUT2D eigenvalue weighted by Crippen LogP contribution is 2.22. The molecule has 0 spiro atoms. The Morgan fingerprint density at radius 1 is 1.40 bits per heavy atom. The Labute approximate surface area is 90.3 Å². The number of aromatic nitrogens is 2. The molecule has 0 amide bonds. The number of ether oxygens (including phenoxy) is 1. The number of rotatable bonds is 3. The normalized spacial score (nSPS) is 13.7. The van der Waals surface area contributed by atoms with Gasteiger partial charge in [0.05, 0.1) is 18.9 Å². The third-order valence-electron chi connectivity index (χ3n) is 2.31. The molecule has 4 heteroatoms. The first-order chi connectivity index (χ1) is 6.93. The number of aliphatic hydroxyl groups excluding tert-OH is 1. The Hall–Kier alpha value is -1.16. The number of hydrogen-bond donors (Lipinski definition) is 1. The molecule has 1 unspecified atom stereocenters. The van der Waals surface area contributed by atoms with Crippen LogP contribution in [-0.4, -0.2) is 28.3 Å². The summed E-state index contributed by atoms with van der Waals surface area (Å²) >= 11 is 0. The van der Waals surface area contributed by atoms with Gasteiger partial charge in [-0.3, -0.25) is 0 Å². The van der Waals surface area contributed by atoms with Gasteiger partial charge in [-0.25, -0.2) is 9.97 Å². The molecule has 0 radical (unpaired) electrons. The fourth-order valence-electron chi connectivity index (χ4n) is 1.10. The molecule has 0 aromatic carbocycles. The summed E-state index contributed by atoms with van der Waals surface area (Å²) in [4.78, 5) is 8.00. The van der Waals surface area contributed by atoms with E-state index in [1.54, 1.807) is 13.2 Å². The molecular formula is C11H18N2O2. The molecule has 1 heterocycles. The van der Waals surface area contributed by atoms with Crippen LogP contribution < -0.4 is 4.74 Å². The molecule has 0 saturated carbocycles. The molecule has 1 atom stereocenters. The number of nitrogens with zero attached hydrogens (tertiary/aromatic N) is 2. The van der Waals surface area contributed by atoms with Gasteiger partial charge < -0.3 is 9.84 Å². The zero-order chi connectivity index (χ0) is 11.5. The summed E-state index contributed by atoms with van der Waals surface area (Å²) in [6, 6.07) is 1.74. The fraction of sp³-hybridized carbons (Fsp3) is 0.636. The summed E-state index contributed by atoms with van der Waals surface area (Å²) in [6.07, 6.45) is 1.54. The molecule has 84 valence electrons. The van der Waals surface area contributed by atoms with Crippen molar-refractivity contribution in [2.75, 3.05) is 7.11 Å². The molecule has 0 bridgehead atoms.